The molecule has 0 radical (unpaired) electrons. The highest BCUT2D eigenvalue weighted by atomic mass is 32.2. The lowest BCUT2D eigenvalue weighted by atomic mass is 10.1. The molecule has 0 saturated heterocycles. The maximum atomic E-state index is 12.4. The summed E-state index contributed by atoms with van der Waals surface area (Å²) in [5.74, 6) is 1.65. The van der Waals surface area contributed by atoms with Crippen molar-refractivity contribution in [2.45, 2.75) is 58.7 Å². The summed E-state index contributed by atoms with van der Waals surface area (Å²) in [6.07, 6.45) is 0.981. The van der Waals surface area contributed by atoms with Gasteiger partial charge in [-0.3, -0.25) is 4.79 Å². The zero-order valence-electron chi connectivity index (χ0n) is 17.7. The number of thiophene rings is 1. The first-order chi connectivity index (χ1) is 13.9. The summed E-state index contributed by atoms with van der Waals surface area (Å²) >= 11 is 3.19. The van der Waals surface area contributed by atoms with Crippen molar-refractivity contribution >= 4 is 34.7 Å². The third-order valence-corrected chi connectivity index (χ3v) is 6.65. The van der Waals surface area contributed by atoms with Gasteiger partial charge in [-0.05, 0) is 55.5 Å². The second-order valence-electron chi connectivity index (χ2n) is 7.56. The third kappa shape index (κ3) is 5.48. The topological polar surface area (TPSA) is 59.8 Å². The number of hydrogen-bond donors (Lipinski definition) is 1. The van der Waals surface area contributed by atoms with Gasteiger partial charge in [0.1, 0.15) is 0 Å². The minimum Gasteiger partial charge on any atom is -0.325 e. The minimum atomic E-state index is -0.0368. The Morgan fingerprint density at radius 2 is 1.90 bits per heavy atom. The Hall–Kier alpha value is -2.12. The third-order valence-electron chi connectivity index (χ3n) is 4.45. The molecular weight excluding hydrogens is 400 g/mol. The molecule has 0 bridgehead atoms. The number of rotatable bonds is 8. The molecule has 2 aromatic heterocycles. The number of aromatic nitrogens is 3. The smallest absolute Gasteiger partial charge is 0.234 e. The van der Waals surface area contributed by atoms with Gasteiger partial charge in [-0.15, -0.1) is 21.5 Å². The maximum Gasteiger partial charge on any atom is 0.234 e. The molecule has 0 fully saturated rings. The average Bonchev–Trinajstić information content (AvgIpc) is 3.26. The molecule has 7 heteroatoms. The summed E-state index contributed by atoms with van der Waals surface area (Å²) in [5, 5.41) is 14.7. The Morgan fingerprint density at radius 1 is 1.17 bits per heavy atom. The monoisotopic (exact) mass is 428 g/mol. The number of thioether (sulfide) groups is 1. The van der Waals surface area contributed by atoms with E-state index in [9.17, 15) is 4.79 Å². The van der Waals surface area contributed by atoms with Crippen LogP contribution in [0, 0.1) is 13.8 Å². The zero-order chi connectivity index (χ0) is 21.0. The fraction of sp³-hybridized carbons (Fsp3) is 0.409. The lowest BCUT2D eigenvalue weighted by molar-refractivity contribution is -0.113. The van der Waals surface area contributed by atoms with Crippen molar-refractivity contribution in [1.82, 2.24) is 14.8 Å². The molecule has 1 amide bonds. The summed E-state index contributed by atoms with van der Waals surface area (Å²) in [4.78, 5) is 13.8. The normalized spacial score (nSPS) is 11.2. The summed E-state index contributed by atoms with van der Waals surface area (Å²) in [7, 11) is 0. The van der Waals surface area contributed by atoms with Crippen molar-refractivity contribution in [3.05, 3.63) is 45.6 Å². The van der Waals surface area contributed by atoms with Crippen LogP contribution < -0.4 is 5.32 Å². The van der Waals surface area contributed by atoms with E-state index in [4.69, 9.17) is 0 Å². The van der Waals surface area contributed by atoms with E-state index in [1.165, 1.54) is 16.6 Å². The number of amides is 1. The number of carbonyl (C=O) groups is 1. The molecule has 1 N–H and O–H groups in total. The van der Waals surface area contributed by atoms with Gasteiger partial charge in [0.05, 0.1) is 5.75 Å². The number of nitrogens with zero attached hydrogens (tertiary/aromatic N) is 3. The number of anilines is 1. The van der Waals surface area contributed by atoms with E-state index in [-0.39, 0.29) is 5.91 Å². The van der Waals surface area contributed by atoms with Crippen molar-refractivity contribution < 1.29 is 4.79 Å². The van der Waals surface area contributed by atoms with Crippen LogP contribution in [0.1, 0.15) is 49.1 Å². The standard InChI is InChI=1S/C22H28N4OS2/c1-6-7-26-21(17-11-19(14(2)3)28-12-17)24-25-22(26)29-13-20(27)23-18-9-15(4)8-16(5)10-18/h8-12,14H,6-7,13H2,1-5H3,(H,23,27). The largest absolute Gasteiger partial charge is 0.325 e. The van der Waals surface area contributed by atoms with Crippen molar-refractivity contribution in [3.63, 3.8) is 0 Å². The Kier molecular flexibility index (Phi) is 7.14. The van der Waals surface area contributed by atoms with Crippen LogP contribution in [0.25, 0.3) is 11.4 Å². The lowest BCUT2D eigenvalue weighted by Gasteiger charge is -2.09. The van der Waals surface area contributed by atoms with Crippen molar-refractivity contribution in [2.75, 3.05) is 11.1 Å². The van der Waals surface area contributed by atoms with Crippen molar-refractivity contribution in [1.29, 1.82) is 0 Å². The highest BCUT2D eigenvalue weighted by molar-refractivity contribution is 7.99. The van der Waals surface area contributed by atoms with E-state index in [2.05, 4.69) is 58.4 Å². The Balaban J connectivity index is 1.71. The van der Waals surface area contributed by atoms with Gasteiger partial charge in [-0.1, -0.05) is 38.6 Å². The van der Waals surface area contributed by atoms with Gasteiger partial charge in [0.25, 0.3) is 0 Å². The van der Waals surface area contributed by atoms with Crippen LogP contribution in [-0.2, 0) is 11.3 Å². The molecule has 0 atom stereocenters. The average molecular weight is 429 g/mol. The van der Waals surface area contributed by atoms with E-state index in [1.54, 1.807) is 11.3 Å². The van der Waals surface area contributed by atoms with E-state index in [0.717, 1.165) is 46.3 Å². The first kappa shape index (κ1) is 21.6. The molecule has 29 heavy (non-hydrogen) atoms. The van der Waals surface area contributed by atoms with Crippen LogP contribution in [0.15, 0.2) is 34.8 Å². The SMILES string of the molecule is CCCn1c(SCC(=O)Nc2cc(C)cc(C)c2)nnc1-c1csc(C(C)C)c1. The highest BCUT2D eigenvalue weighted by Gasteiger charge is 2.17. The van der Waals surface area contributed by atoms with Gasteiger partial charge in [0.2, 0.25) is 5.91 Å². The summed E-state index contributed by atoms with van der Waals surface area (Å²) in [5.41, 5.74) is 4.21. The second kappa shape index (κ2) is 9.59. The lowest BCUT2D eigenvalue weighted by Crippen LogP contribution is -2.15. The van der Waals surface area contributed by atoms with Gasteiger partial charge < -0.3 is 9.88 Å². The number of aryl methyl sites for hydroxylation is 2. The van der Waals surface area contributed by atoms with Gasteiger partial charge in [-0.25, -0.2) is 0 Å². The fourth-order valence-electron chi connectivity index (χ4n) is 3.18. The van der Waals surface area contributed by atoms with E-state index < -0.39 is 0 Å². The molecule has 3 rings (SSSR count). The van der Waals surface area contributed by atoms with Crippen LogP contribution in [-0.4, -0.2) is 26.4 Å². The van der Waals surface area contributed by atoms with E-state index >= 15 is 0 Å². The predicted molar refractivity (Wildman–Crippen MR) is 123 cm³/mol. The molecule has 0 saturated carbocycles. The summed E-state index contributed by atoms with van der Waals surface area (Å²) in [6, 6.07) is 8.26. The summed E-state index contributed by atoms with van der Waals surface area (Å²) < 4.78 is 2.13. The van der Waals surface area contributed by atoms with Crippen LogP contribution in [0.5, 0.6) is 0 Å². The summed E-state index contributed by atoms with van der Waals surface area (Å²) in [6.45, 7) is 11.4. The molecule has 0 aliphatic rings. The molecule has 2 heterocycles. The van der Waals surface area contributed by atoms with E-state index in [1.807, 2.05) is 26.0 Å². The molecule has 0 spiro atoms. The Morgan fingerprint density at radius 3 is 2.52 bits per heavy atom. The number of nitrogens with one attached hydrogen (secondary N) is 1. The number of carbonyl (C=O) groups excluding carboxylic acids is 1. The predicted octanol–water partition coefficient (Wildman–Crippen LogP) is 5.89. The van der Waals surface area contributed by atoms with Gasteiger partial charge >= 0.3 is 0 Å². The quantitative estimate of drug-likeness (QED) is 0.455. The van der Waals surface area contributed by atoms with Crippen LogP contribution >= 0.6 is 23.1 Å². The highest BCUT2D eigenvalue weighted by Crippen LogP contribution is 2.31. The van der Waals surface area contributed by atoms with Crippen LogP contribution in [0.3, 0.4) is 0 Å². The molecule has 0 aliphatic heterocycles. The second-order valence-corrected chi connectivity index (χ2v) is 9.45. The minimum absolute atomic E-state index is 0.0368. The van der Waals surface area contributed by atoms with Crippen molar-refractivity contribution in [3.8, 4) is 11.4 Å². The van der Waals surface area contributed by atoms with Crippen molar-refractivity contribution in [2.24, 2.45) is 0 Å². The molecule has 154 valence electrons. The molecule has 3 aromatic rings. The maximum absolute atomic E-state index is 12.4. The Labute approximate surface area is 180 Å². The first-order valence-corrected chi connectivity index (χ1v) is 11.8. The van der Waals surface area contributed by atoms with Crippen LogP contribution in [0.4, 0.5) is 5.69 Å². The first-order valence-electron chi connectivity index (χ1n) is 9.90. The van der Waals surface area contributed by atoms with Gasteiger partial charge in [-0.2, -0.15) is 0 Å². The van der Waals surface area contributed by atoms with Crippen LogP contribution in [0.2, 0.25) is 0 Å². The molecular formula is C22H28N4OS2. The molecule has 0 unspecified atom stereocenters. The molecule has 5 nitrogen and oxygen atoms in total. The van der Waals surface area contributed by atoms with Gasteiger partial charge in [0, 0.05) is 28.1 Å². The zero-order valence-corrected chi connectivity index (χ0v) is 19.3. The fourth-order valence-corrected chi connectivity index (χ4v) is 4.85. The van der Waals surface area contributed by atoms with E-state index in [0.29, 0.717) is 11.7 Å². The number of benzene rings is 1. The number of hydrogen-bond acceptors (Lipinski definition) is 5. The Bertz CT molecular complexity index is 970. The molecule has 0 aliphatic carbocycles. The van der Waals surface area contributed by atoms with Gasteiger partial charge in [0.15, 0.2) is 11.0 Å². The molecule has 1 aromatic carbocycles.